The van der Waals surface area contributed by atoms with E-state index in [2.05, 4.69) is 73.2 Å². The van der Waals surface area contributed by atoms with E-state index in [1.807, 2.05) is 0 Å². The predicted molar refractivity (Wildman–Crippen MR) is 81.0 cm³/mol. The average Bonchev–Trinajstić information content (AvgIpc) is 2.36. The Bertz CT molecular complexity index is 513. The fourth-order valence-electron chi connectivity index (χ4n) is 3.33. The third-order valence-corrected chi connectivity index (χ3v) is 5.98. The second-order valence-electron chi connectivity index (χ2n) is 7.42. The molecule has 0 heteroatoms. The lowest BCUT2D eigenvalue weighted by atomic mass is 9.59. The maximum absolute atomic E-state index is 4.07. The Hall–Kier alpha value is -1.04. The Kier molecular flexibility index (Phi) is 2.60. The first-order valence-corrected chi connectivity index (χ1v) is 6.84. The van der Waals surface area contributed by atoms with Crippen molar-refractivity contribution < 1.29 is 0 Å². The summed E-state index contributed by atoms with van der Waals surface area (Å²) >= 11 is 0. The standard InChI is InChI=1S/C18H26/c1-12(2)13-9-10-14-15(11-13)17(5,6)18(7,8)16(14,3)4/h9-11H,1H2,2-8H3. The van der Waals surface area contributed by atoms with Crippen LogP contribution in [0.25, 0.3) is 5.57 Å². The lowest BCUT2D eigenvalue weighted by molar-refractivity contribution is 0.125. The molecule has 0 unspecified atom stereocenters. The average molecular weight is 242 g/mol. The number of rotatable bonds is 1. The summed E-state index contributed by atoms with van der Waals surface area (Å²) in [6, 6.07) is 6.89. The molecule has 18 heavy (non-hydrogen) atoms. The second kappa shape index (κ2) is 3.50. The van der Waals surface area contributed by atoms with Crippen molar-refractivity contribution >= 4 is 5.57 Å². The van der Waals surface area contributed by atoms with Crippen molar-refractivity contribution in [3.05, 3.63) is 41.5 Å². The molecule has 98 valence electrons. The zero-order chi connectivity index (χ0) is 13.9. The van der Waals surface area contributed by atoms with Gasteiger partial charge in [0.15, 0.2) is 0 Å². The van der Waals surface area contributed by atoms with Gasteiger partial charge in [-0.05, 0) is 39.9 Å². The van der Waals surface area contributed by atoms with Crippen LogP contribution in [0, 0.1) is 5.41 Å². The van der Waals surface area contributed by atoms with Crippen LogP contribution in [-0.2, 0) is 10.8 Å². The summed E-state index contributed by atoms with van der Waals surface area (Å²) in [5, 5.41) is 0. The largest absolute Gasteiger partial charge is 0.0955 e. The van der Waals surface area contributed by atoms with Gasteiger partial charge in [-0.1, -0.05) is 71.9 Å². The molecule has 0 spiro atoms. The van der Waals surface area contributed by atoms with Crippen molar-refractivity contribution in [1.82, 2.24) is 0 Å². The zero-order valence-electron chi connectivity index (χ0n) is 12.9. The summed E-state index contributed by atoms with van der Waals surface area (Å²) in [6.07, 6.45) is 0. The molecule has 0 heterocycles. The number of allylic oxidation sites excluding steroid dienone is 1. The minimum atomic E-state index is 0.192. The number of hydrogen-bond donors (Lipinski definition) is 0. The third kappa shape index (κ3) is 1.38. The minimum absolute atomic E-state index is 0.192. The van der Waals surface area contributed by atoms with Gasteiger partial charge in [-0.3, -0.25) is 0 Å². The van der Waals surface area contributed by atoms with E-state index in [-0.39, 0.29) is 16.2 Å². The molecule has 2 rings (SSSR count). The first-order chi connectivity index (χ1) is 8.03. The van der Waals surface area contributed by atoms with Crippen LogP contribution in [-0.4, -0.2) is 0 Å². The summed E-state index contributed by atoms with van der Waals surface area (Å²) in [4.78, 5) is 0. The van der Waals surface area contributed by atoms with Crippen LogP contribution < -0.4 is 0 Å². The smallest absolute Gasteiger partial charge is 0.00410 e. The van der Waals surface area contributed by atoms with Gasteiger partial charge < -0.3 is 0 Å². The van der Waals surface area contributed by atoms with E-state index in [1.165, 1.54) is 16.7 Å². The van der Waals surface area contributed by atoms with E-state index in [0.717, 1.165) is 5.57 Å². The van der Waals surface area contributed by atoms with Crippen molar-refractivity contribution in [2.45, 2.75) is 59.3 Å². The van der Waals surface area contributed by atoms with Crippen molar-refractivity contribution in [1.29, 1.82) is 0 Å². The van der Waals surface area contributed by atoms with E-state index in [4.69, 9.17) is 0 Å². The lowest BCUT2D eigenvalue weighted by Gasteiger charge is -2.44. The first kappa shape index (κ1) is 13.4. The molecule has 1 aromatic carbocycles. The summed E-state index contributed by atoms with van der Waals surface area (Å²) in [7, 11) is 0. The van der Waals surface area contributed by atoms with E-state index in [9.17, 15) is 0 Å². The molecule has 0 aromatic heterocycles. The van der Waals surface area contributed by atoms with Crippen LogP contribution in [0.2, 0.25) is 0 Å². The highest BCUT2D eigenvalue weighted by molar-refractivity contribution is 5.65. The lowest BCUT2D eigenvalue weighted by Crippen LogP contribution is -2.42. The molecule has 1 aliphatic carbocycles. The predicted octanol–water partition coefficient (Wildman–Crippen LogP) is 5.31. The number of fused-ring (bicyclic) bond motifs is 1. The summed E-state index contributed by atoms with van der Waals surface area (Å²) in [6.45, 7) is 20.5. The van der Waals surface area contributed by atoms with Gasteiger partial charge in [0.2, 0.25) is 0 Å². The molecular formula is C18H26. The molecule has 0 aliphatic heterocycles. The Morgan fingerprint density at radius 2 is 1.39 bits per heavy atom. The summed E-state index contributed by atoms with van der Waals surface area (Å²) in [5.74, 6) is 0. The highest BCUT2D eigenvalue weighted by atomic mass is 14.6. The maximum Gasteiger partial charge on any atom is -0.00410 e. The molecule has 0 saturated carbocycles. The number of benzene rings is 1. The molecule has 0 nitrogen and oxygen atoms in total. The normalized spacial score (nSPS) is 22.6. The molecular weight excluding hydrogens is 216 g/mol. The van der Waals surface area contributed by atoms with Crippen molar-refractivity contribution in [2.75, 3.05) is 0 Å². The molecule has 0 bridgehead atoms. The summed E-state index contributed by atoms with van der Waals surface area (Å²) in [5.41, 5.74) is 6.07. The van der Waals surface area contributed by atoms with E-state index in [1.54, 1.807) is 0 Å². The van der Waals surface area contributed by atoms with E-state index < -0.39 is 0 Å². The van der Waals surface area contributed by atoms with Crippen LogP contribution >= 0.6 is 0 Å². The van der Waals surface area contributed by atoms with Gasteiger partial charge >= 0.3 is 0 Å². The van der Waals surface area contributed by atoms with Crippen LogP contribution in [0.4, 0.5) is 0 Å². The molecule has 1 aliphatic rings. The van der Waals surface area contributed by atoms with Crippen LogP contribution in [0.1, 0.15) is 65.2 Å². The minimum Gasteiger partial charge on any atom is -0.0955 e. The van der Waals surface area contributed by atoms with Crippen molar-refractivity contribution in [2.24, 2.45) is 5.41 Å². The highest BCUT2D eigenvalue weighted by Gasteiger charge is 2.56. The van der Waals surface area contributed by atoms with Crippen LogP contribution in [0.5, 0.6) is 0 Å². The second-order valence-corrected chi connectivity index (χ2v) is 7.42. The van der Waals surface area contributed by atoms with Gasteiger partial charge in [0.1, 0.15) is 0 Å². The quantitative estimate of drug-likeness (QED) is 0.625. The molecule has 1 aromatic rings. The Morgan fingerprint density at radius 3 is 1.89 bits per heavy atom. The van der Waals surface area contributed by atoms with Gasteiger partial charge in [0.05, 0.1) is 0 Å². The first-order valence-electron chi connectivity index (χ1n) is 6.84. The molecule has 0 fully saturated rings. The van der Waals surface area contributed by atoms with E-state index in [0.29, 0.717) is 0 Å². The molecule has 0 amide bonds. The van der Waals surface area contributed by atoms with Crippen LogP contribution in [0.15, 0.2) is 24.8 Å². The fourth-order valence-corrected chi connectivity index (χ4v) is 3.33. The Balaban J connectivity index is 2.75. The van der Waals surface area contributed by atoms with Crippen LogP contribution in [0.3, 0.4) is 0 Å². The van der Waals surface area contributed by atoms with Gasteiger partial charge in [-0.15, -0.1) is 0 Å². The third-order valence-electron chi connectivity index (χ3n) is 5.98. The van der Waals surface area contributed by atoms with Gasteiger partial charge in [-0.2, -0.15) is 0 Å². The SMILES string of the molecule is C=C(C)c1ccc2c(c1)C(C)(C)C(C)(C)C2(C)C. The molecule has 0 atom stereocenters. The van der Waals surface area contributed by atoms with Gasteiger partial charge in [0, 0.05) is 0 Å². The fraction of sp³-hybridized carbons (Fsp3) is 0.556. The Morgan fingerprint density at radius 1 is 0.889 bits per heavy atom. The van der Waals surface area contributed by atoms with E-state index >= 15 is 0 Å². The number of hydrogen-bond acceptors (Lipinski definition) is 0. The Labute approximate surface area is 112 Å². The monoisotopic (exact) mass is 242 g/mol. The molecule has 0 radical (unpaired) electrons. The highest BCUT2D eigenvalue weighted by Crippen LogP contribution is 2.61. The molecule has 0 saturated heterocycles. The van der Waals surface area contributed by atoms with Gasteiger partial charge in [-0.25, -0.2) is 0 Å². The van der Waals surface area contributed by atoms with Crippen molar-refractivity contribution in [3.8, 4) is 0 Å². The topological polar surface area (TPSA) is 0 Å². The van der Waals surface area contributed by atoms with Crippen molar-refractivity contribution in [3.63, 3.8) is 0 Å². The molecule has 0 N–H and O–H groups in total. The zero-order valence-corrected chi connectivity index (χ0v) is 12.9. The maximum atomic E-state index is 4.07. The van der Waals surface area contributed by atoms with Gasteiger partial charge in [0.25, 0.3) is 0 Å². The summed E-state index contributed by atoms with van der Waals surface area (Å²) < 4.78 is 0.